The highest BCUT2D eigenvalue weighted by Crippen LogP contribution is 2.43. The summed E-state index contributed by atoms with van der Waals surface area (Å²) in [7, 11) is 0. The minimum Gasteiger partial charge on any atom is -0.377 e. The number of fused-ring (bicyclic) bond motifs is 2. The smallest absolute Gasteiger partial charge is 0.228 e. The van der Waals surface area contributed by atoms with Gasteiger partial charge in [0.25, 0.3) is 0 Å². The van der Waals surface area contributed by atoms with Crippen LogP contribution in [-0.2, 0) is 9.53 Å². The van der Waals surface area contributed by atoms with Gasteiger partial charge in [-0.05, 0) is 55.9 Å². The maximum Gasteiger partial charge on any atom is 0.228 e. The lowest BCUT2D eigenvalue weighted by Gasteiger charge is -2.35. The van der Waals surface area contributed by atoms with Crippen molar-refractivity contribution >= 4 is 17.3 Å². The van der Waals surface area contributed by atoms with Gasteiger partial charge in [0.2, 0.25) is 5.91 Å². The molecule has 1 heterocycles. The van der Waals surface area contributed by atoms with Gasteiger partial charge in [-0.3, -0.25) is 4.79 Å². The Morgan fingerprint density at radius 1 is 1.22 bits per heavy atom. The van der Waals surface area contributed by atoms with E-state index in [0.717, 1.165) is 38.3 Å². The van der Waals surface area contributed by atoms with Crippen LogP contribution in [0.5, 0.6) is 0 Å². The van der Waals surface area contributed by atoms with Gasteiger partial charge in [-0.15, -0.1) is 0 Å². The predicted octanol–water partition coefficient (Wildman–Crippen LogP) is 3.06. The minimum absolute atomic E-state index is 0.156. The summed E-state index contributed by atoms with van der Waals surface area (Å²) in [5.41, 5.74) is 2.09. The van der Waals surface area contributed by atoms with E-state index in [-0.39, 0.29) is 11.8 Å². The highest BCUT2D eigenvalue weighted by molar-refractivity contribution is 5.93. The number of benzene rings is 1. The van der Waals surface area contributed by atoms with Gasteiger partial charge in [-0.25, -0.2) is 0 Å². The molecule has 1 aromatic carbocycles. The molecule has 0 aromatic heterocycles. The molecule has 122 valence electrons. The summed E-state index contributed by atoms with van der Waals surface area (Å²) in [5, 5.41) is 3.09. The Kier molecular flexibility index (Phi) is 3.85. The number of hydrogen-bond acceptors (Lipinski definition) is 3. The number of rotatable bonds is 3. The topological polar surface area (TPSA) is 41.6 Å². The van der Waals surface area contributed by atoms with Crippen LogP contribution in [-0.4, -0.2) is 31.7 Å². The zero-order valence-electron chi connectivity index (χ0n) is 13.6. The lowest BCUT2D eigenvalue weighted by Crippen LogP contribution is -2.43. The first kappa shape index (κ1) is 14.8. The third-order valence-electron chi connectivity index (χ3n) is 5.45. The number of nitrogens with one attached hydrogen (secondary N) is 1. The quantitative estimate of drug-likeness (QED) is 0.872. The van der Waals surface area contributed by atoms with Crippen molar-refractivity contribution in [2.24, 2.45) is 17.8 Å². The lowest BCUT2D eigenvalue weighted by molar-refractivity contribution is -0.120. The Morgan fingerprint density at radius 3 is 2.70 bits per heavy atom. The fraction of sp³-hybridized carbons (Fsp3) is 0.526. The van der Waals surface area contributed by atoms with Gasteiger partial charge in [0.1, 0.15) is 0 Å². The monoisotopic (exact) mass is 312 g/mol. The number of amides is 1. The third-order valence-corrected chi connectivity index (χ3v) is 5.45. The molecule has 2 fully saturated rings. The second kappa shape index (κ2) is 6.00. The molecule has 4 heteroatoms. The first-order valence-electron chi connectivity index (χ1n) is 8.64. The van der Waals surface area contributed by atoms with E-state index in [2.05, 4.69) is 41.4 Å². The minimum atomic E-state index is 0.156. The number of nitrogens with zero attached hydrogens (tertiary/aromatic N) is 1. The van der Waals surface area contributed by atoms with Gasteiger partial charge in [-0.2, -0.15) is 0 Å². The lowest BCUT2D eigenvalue weighted by atomic mass is 9.93. The Hall–Kier alpha value is -1.81. The van der Waals surface area contributed by atoms with Gasteiger partial charge >= 0.3 is 0 Å². The van der Waals surface area contributed by atoms with Crippen LogP contribution in [0.15, 0.2) is 36.4 Å². The summed E-state index contributed by atoms with van der Waals surface area (Å²) in [6.07, 6.45) is 6.66. The van der Waals surface area contributed by atoms with Crippen molar-refractivity contribution in [3.05, 3.63) is 36.4 Å². The number of carbonyl (C=O) groups excluding carboxylic acids is 1. The fourth-order valence-corrected chi connectivity index (χ4v) is 4.16. The van der Waals surface area contributed by atoms with Crippen molar-refractivity contribution in [3.63, 3.8) is 0 Å². The van der Waals surface area contributed by atoms with Crippen LogP contribution < -0.4 is 10.2 Å². The molecule has 0 radical (unpaired) electrons. The molecular weight excluding hydrogens is 288 g/mol. The second-order valence-electron chi connectivity index (χ2n) is 7.04. The second-order valence-corrected chi connectivity index (χ2v) is 7.04. The van der Waals surface area contributed by atoms with Crippen molar-refractivity contribution in [2.75, 3.05) is 30.0 Å². The number of anilines is 2. The number of carbonyl (C=O) groups is 1. The van der Waals surface area contributed by atoms with Gasteiger partial charge in [0.15, 0.2) is 0 Å². The summed E-state index contributed by atoms with van der Waals surface area (Å²) >= 11 is 0. The predicted molar refractivity (Wildman–Crippen MR) is 91.5 cm³/mol. The molecule has 3 aliphatic rings. The molecule has 1 saturated carbocycles. The molecule has 4 nitrogen and oxygen atoms in total. The van der Waals surface area contributed by atoms with Crippen LogP contribution in [0.2, 0.25) is 0 Å². The molecule has 4 rings (SSSR count). The summed E-state index contributed by atoms with van der Waals surface area (Å²) < 4.78 is 5.49. The molecule has 0 spiro atoms. The van der Waals surface area contributed by atoms with E-state index in [1.165, 1.54) is 5.69 Å². The fourth-order valence-electron chi connectivity index (χ4n) is 4.16. The van der Waals surface area contributed by atoms with Crippen molar-refractivity contribution in [1.29, 1.82) is 0 Å². The number of allylic oxidation sites excluding steroid dienone is 2. The van der Waals surface area contributed by atoms with Crippen LogP contribution in [0.4, 0.5) is 11.4 Å². The van der Waals surface area contributed by atoms with Gasteiger partial charge in [-0.1, -0.05) is 12.2 Å². The van der Waals surface area contributed by atoms with E-state index >= 15 is 0 Å². The maximum absolute atomic E-state index is 12.5. The molecule has 1 N–H and O–H groups in total. The standard InChI is InChI=1S/C19H24N2O2/c1-13-12-23-9-8-21(13)17-6-4-16(5-7-17)20-19(22)18-11-14-2-3-15(18)10-14/h2-7,13-15,18H,8-12H2,1H3,(H,20,22). The van der Waals surface area contributed by atoms with E-state index in [9.17, 15) is 4.79 Å². The highest BCUT2D eigenvalue weighted by Gasteiger charge is 2.39. The average molecular weight is 312 g/mol. The molecule has 4 unspecified atom stereocenters. The van der Waals surface area contributed by atoms with Crippen LogP contribution >= 0.6 is 0 Å². The van der Waals surface area contributed by atoms with Gasteiger partial charge in [0, 0.05) is 29.9 Å². The number of morpholine rings is 1. The molecule has 1 amide bonds. The van der Waals surface area contributed by atoms with Gasteiger partial charge in [0.05, 0.1) is 13.2 Å². The Balaban J connectivity index is 1.40. The average Bonchev–Trinajstić information content (AvgIpc) is 3.19. The molecule has 2 aliphatic carbocycles. The van der Waals surface area contributed by atoms with Gasteiger partial charge < -0.3 is 15.0 Å². The van der Waals surface area contributed by atoms with E-state index in [1.807, 2.05) is 12.1 Å². The first-order chi connectivity index (χ1) is 11.2. The van der Waals surface area contributed by atoms with E-state index in [1.54, 1.807) is 0 Å². The Labute approximate surface area is 137 Å². The zero-order valence-corrected chi connectivity index (χ0v) is 13.6. The first-order valence-corrected chi connectivity index (χ1v) is 8.64. The largest absolute Gasteiger partial charge is 0.377 e. The van der Waals surface area contributed by atoms with Crippen LogP contribution in [0.3, 0.4) is 0 Å². The Morgan fingerprint density at radius 2 is 2.04 bits per heavy atom. The summed E-state index contributed by atoms with van der Waals surface area (Å²) in [5.74, 6) is 1.41. The van der Waals surface area contributed by atoms with Crippen LogP contribution in [0, 0.1) is 17.8 Å². The van der Waals surface area contributed by atoms with Crippen molar-refractivity contribution in [1.82, 2.24) is 0 Å². The normalized spacial score (nSPS) is 32.3. The van der Waals surface area contributed by atoms with Crippen LogP contribution in [0.1, 0.15) is 19.8 Å². The molecule has 1 aliphatic heterocycles. The van der Waals surface area contributed by atoms with E-state index in [4.69, 9.17) is 4.74 Å². The molecule has 2 bridgehead atoms. The molecule has 23 heavy (non-hydrogen) atoms. The molecule has 1 saturated heterocycles. The number of ether oxygens (including phenoxy) is 1. The van der Waals surface area contributed by atoms with E-state index in [0.29, 0.717) is 17.9 Å². The molecule has 4 atom stereocenters. The molecule has 1 aromatic rings. The Bertz CT molecular complexity index is 610. The van der Waals surface area contributed by atoms with E-state index < -0.39 is 0 Å². The maximum atomic E-state index is 12.5. The molecular formula is C19H24N2O2. The van der Waals surface area contributed by atoms with Crippen LogP contribution in [0.25, 0.3) is 0 Å². The zero-order chi connectivity index (χ0) is 15.8. The van der Waals surface area contributed by atoms with Crippen molar-refractivity contribution in [3.8, 4) is 0 Å². The summed E-state index contributed by atoms with van der Waals surface area (Å²) in [6, 6.07) is 8.61. The highest BCUT2D eigenvalue weighted by atomic mass is 16.5. The summed E-state index contributed by atoms with van der Waals surface area (Å²) in [4.78, 5) is 14.8. The summed E-state index contributed by atoms with van der Waals surface area (Å²) in [6.45, 7) is 4.65. The SMILES string of the molecule is CC1COCCN1c1ccc(NC(=O)C2CC3C=CC2C3)cc1. The third kappa shape index (κ3) is 2.88. The van der Waals surface area contributed by atoms with Crippen molar-refractivity contribution in [2.45, 2.75) is 25.8 Å². The van der Waals surface area contributed by atoms with Crippen molar-refractivity contribution < 1.29 is 9.53 Å². The number of hydrogen-bond donors (Lipinski definition) is 1.